The van der Waals surface area contributed by atoms with E-state index in [0.29, 0.717) is 17.5 Å². The van der Waals surface area contributed by atoms with Crippen molar-refractivity contribution in [3.8, 4) is 5.75 Å². The molecule has 1 aromatic carbocycles. The molecule has 1 aliphatic carbocycles. The first kappa shape index (κ1) is 10.0. The Hall–Kier alpha value is -1.51. The van der Waals surface area contributed by atoms with Crippen molar-refractivity contribution < 1.29 is 9.90 Å². The van der Waals surface area contributed by atoms with Gasteiger partial charge >= 0.3 is 0 Å². The Labute approximate surface area is 89.1 Å². The number of hydrogen-bond donors (Lipinski definition) is 2. The molecule has 0 spiro atoms. The summed E-state index contributed by atoms with van der Waals surface area (Å²) in [5.74, 6) is 0.761. The third-order valence-electron chi connectivity index (χ3n) is 2.88. The van der Waals surface area contributed by atoms with Gasteiger partial charge in [-0.15, -0.1) is 0 Å². The van der Waals surface area contributed by atoms with Gasteiger partial charge in [0.2, 0.25) is 0 Å². The molecule has 1 aliphatic rings. The summed E-state index contributed by atoms with van der Waals surface area (Å²) in [5.41, 5.74) is 1.45. The molecule has 1 aromatic rings. The van der Waals surface area contributed by atoms with Crippen LogP contribution >= 0.6 is 0 Å². The van der Waals surface area contributed by atoms with Gasteiger partial charge in [0, 0.05) is 11.6 Å². The van der Waals surface area contributed by atoms with E-state index < -0.39 is 0 Å². The molecule has 3 heteroatoms. The first-order chi connectivity index (χ1) is 7.08. The lowest BCUT2D eigenvalue weighted by Crippen LogP contribution is -2.27. The highest BCUT2D eigenvalue weighted by atomic mass is 16.3. The Kier molecular flexibility index (Phi) is 2.39. The van der Waals surface area contributed by atoms with Crippen molar-refractivity contribution in [2.45, 2.75) is 26.3 Å². The number of phenolic OH excluding ortho intramolecular Hbond substituents is 1. The molecule has 80 valence electrons. The molecule has 1 saturated carbocycles. The van der Waals surface area contributed by atoms with E-state index in [9.17, 15) is 9.90 Å². The number of aromatic hydroxyl groups is 1. The van der Waals surface area contributed by atoms with E-state index in [0.717, 1.165) is 12.0 Å². The summed E-state index contributed by atoms with van der Waals surface area (Å²) in [4.78, 5) is 11.8. The highest BCUT2D eigenvalue weighted by Gasteiger charge is 2.34. The number of hydrogen-bond acceptors (Lipinski definition) is 2. The molecule has 2 N–H and O–H groups in total. The van der Waals surface area contributed by atoms with Crippen molar-refractivity contribution >= 4 is 5.91 Å². The summed E-state index contributed by atoms with van der Waals surface area (Å²) in [6.45, 7) is 3.94. The van der Waals surface area contributed by atoms with Gasteiger partial charge in [-0.3, -0.25) is 4.79 Å². The average molecular weight is 205 g/mol. The molecule has 0 saturated heterocycles. The van der Waals surface area contributed by atoms with E-state index >= 15 is 0 Å². The van der Waals surface area contributed by atoms with Crippen LogP contribution in [0.1, 0.15) is 29.3 Å². The molecule has 2 rings (SSSR count). The monoisotopic (exact) mass is 205 g/mol. The molecule has 0 radical (unpaired) electrons. The summed E-state index contributed by atoms with van der Waals surface area (Å²) in [5, 5.41) is 12.2. The number of amides is 1. The smallest absolute Gasteiger partial charge is 0.251 e. The summed E-state index contributed by atoms with van der Waals surface area (Å²) < 4.78 is 0. The van der Waals surface area contributed by atoms with Gasteiger partial charge < -0.3 is 10.4 Å². The lowest BCUT2D eigenvalue weighted by Gasteiger charge is -2.07. The van der Waals surface area contributed by atoms with E-state index in [1.807, 2.05) is 6.92 Å². The quantitative estimate of drug-likeness (QED) is 0.774. The van der Waals surface area contributed by atoms with E-state index in [4.69, 9.17) is 0 Å². The van der Waals surface area contributed by atoms with Crippen molar-refractivity contribution in [2.24, 2.45) is 5.92 Å². The van der Waals surface area contributed by atoms with Crippen molar-refractivity contribution in [1.82, 2.24) is 5.32 Å². The number of carbonyl (C=O) groups is 1. The molecule has 0 heterocycles. The molecular weight excluding hydrogens is 190 g/mol. The van der Waals surface area contributed by atoms with Crippen LogP contribution in [0.5, 0.6) is 5.75 Å². The van der Waals surface area contributed by atoms with Crippen molar-refractivity contribution in [1.29, 1.82) is 0 Å². The molecule has 15 heavy (non-hydrogen) atoms. The molecule has 0 bridgehead atoms. The second-order valence-electron chi connectivity index (χ2n) is 4.29. The third-order valence-corrected chi connectivity index (χ3v) is 2.88. The fourth-order valence-corrected chi connectivity index (χ4v) is 1.67. The molecular formula is C12H15NO2. The van der Waals surface area contributed by atoms with Gasteiger partial charge in [-0.1, -0.05) is 6.92 Å². The number of nitrogens with one attached hydrogen (secondary N) is 1. The van der Waals surface area contributed by atoms with Crippen LogP contribution in [0.2, 0.25) is 0 Å². The SMILES string of the molecule is Cc1cc(O)ccc1C(=O)NC1CC1C. The lowest BCUT2D eigenvalue weighted by molar-refractivity contribution is 0.0948. The van der Waals surface area contributed by atoms with Gasteiger partial charge in [0.15, 0.2) is 0 Å². The van der Waals surface area contributed by atoms with E-state index in [2.05, 4.69) is 12.2 Å². The van der Waals surface area contributed by atoms with Crippen LogP contribution in [0.4, 0.5) is 0 Å². The van der Waals surface area contributed by atoms with Crippen molar-refractivity contribution in [3.05, 3.63) is 29.3 Å². The Bertz CT molecular complexity index is 401. The second kappa shape index (κ2) is 3.57. The normalized spacial score (nSPS) is 23.6. The minimum absolute atomic E-state index is 0.0400. The van der Waals surface area contributed by atoms with Gasteiger partial charge in [-0.05, 0) is 43.0 Å². The summed E-state index contributed by atoms with van der Waals surface area (Å²) in [6.07, 6.45) is 1.07. The maximum absolute atomic E-state index is 11.8. The van der Waals surface area contributed by atoms with Crippen LogP contribution in [0.15, 0.2) is 18.2 Å². The van der Waals surface area contributed by atoms with Crippen molar-refractivity contribution in [3.63, 3.8) is 0 Å². The van der Waals surface area contributed by atoms with Gasteiger partial charge in [-0.2, -0.15) is 0 Å². The predicted molar refractivity (Wildman–Crippen MR) is 57.9 cm³/mol. The Balaban J connectivity index is 2.11. The largest absolute Gasteiger partial charge is 0.508 e. The third kappa shape index (κ3) is 2.12. The minimum atomic E-state index is -0.0400. The fourth-order valence-electron chi connectivity index (χ4n) is 1.67. The molecule has 3 nitrogen and oxygen atoms in total. The topological polar surface area (TPSA) is 49.3 Å². The summed E-state index contributed by atoms with van der Waals surface area (Å²) >= 11 is 0. The van der Waals surface area contributed by atoms with Gasteiger partial charge in [-0.25, -0.2) is 0 Å². The number of carbonyl (C=O) groups excluding carboxylic acids is 1. The van der Waals surface area contributed by atoms with Crippen molar-refractivity contribution in [2.75, 3.05) is 0 Å². The van der Waals surface area contributed by atoms with Crippen LogP contribution in [0.25, 0.3) is 0 Å². The average Bonchev–Trinajstić information content (AvgIpc) is 2.81. The molecule has 2 unspecified atom stereocenters. The highest BCUT2D eigenvalue weighted by Crippen LogP contribution is 2.29. The fraction of sp³-hybridized carbons (Fsp3) is 0.417. The zero-order chi connectivity index (χ0) is 11.0. The maximum Gasteiger partial charge on any atom is 0.251 e. The Morgan fingerprint density at radius 1 is 1.53 bits per heavy atom. The maximum atomic E-state index is 11.8. The molecule has 0 aromatic heterocycles. The number of phenols is 1. The molecule has 1 amide bonds. The number of benzene rings is 1. The Morgan fingerprint density at radius 2 is 2.20 bits per heavy atom. The first-order valence-electron chi connectivity index (χ1n) is 5.18. The van der Waals surface area contributed by atoms with Crippen LogP contribution in [0, 0.1) is 12.8 Å². The highest BCUT2D eigenvalue weighted by molar-refractivity contribution is 5.96. The number of rotatable bonds is 2. The van der Waals surface area contributed by atoms with Gasteiger partial charge in [0.25, 0.3) is 5.91 Å². The van der Waals surface area contributed by atoms with Gasteiger partial charge in [0.05, 0.1) is 0 Å². The first-order valence-corrected chi connectivity index (χ1v) is 5.18. The minimum Gasteiger partial charge on any atom is -0.508 e. The van der Waals surface area contributed by atoms with E-state index in [-0.39, 0.29) is 11.7 Å². The summed E-state index contributed by atoms with van der Waals surface area (Å²) in [6, 6.07) is 5.14. The molecule has 0 aliphatic heterocycles. The Morgan fingerprint density at radius 3 is 2.73 bits per heavy atom. The van der Waals surface area contributed by atoms with Crippen LogP contribution in [-0.4, -0.2) is 17.1 Å². The van der Waals surface area contributed by atoms with E-state index in [1.54, 1.807) is 12.1 Å². The standard InChI is InChI=1S/C12H15NO2/c1-7-5-9(14)3-4-10(7)12(15)13-11-6-8(11)2/h3-5,8,11,14H,6H2,1-2H3,(H,13,15). The van der Waals surface area contributed by atoms with Gasteiger partial charge in [0.1, 0.15) is 5.75 Å². The number of aryl methyl sites for hydroxylation is 1. The van der Waals surface area contributed by atoms with Crippen LogP contribution in [-0.2, 0) is 0 Å². The zero-order valence-corrected chi connectivity index (χ0v) is 8.95. The predicted octanol–water partition coefficient (Wildman–Crippen LogP) is 1.84. The van der Waals surface area contributed by atoms with E-state index in [1.165, 1.54) is 6.07 Å². The zero-order valence-electron chi connectivity index (χ0n) is 8.95. The lowest BCUT2D eigenvalue weighted by atomic mass is 10.1. The molecule has 2 atom stereocenters. The van der Waals surface area contributed by atoms with Crippen LogP contribution < -0.4 is 5.32 Å². The molecule has 1 fully saturated rings. The van der Waals surface area contributed by atoms with Crippen LogP contribution in [0.3, 0.4) is 0 Å². The summed E-state index contributed by atoms with van der Waals surface area (Å²) in [7, 11) is 0. The second-order valence-corrected chi connectivity index (χ2v) is 4.29.